The summed E-state index contributed by atoms with van der Waals surface area (Å²) in [4.78, 5) is 18.0. The van der Waals surface area contributed by atoms with Crippen LogP contribution in [0.3, 0.4) is 0 Å². The molecule has 0 fully saturated rings. The summed E-state index contributed by atoms with van der Waals surface area (Å²) >= 11 is 2.10. The summed E-state index contributed by atoms with van der Waals surface area (Å²) < 4.78 is 1.75. The van der Waals surface area contributed by atoms with E-state index >= 15 is 0 Å². The lowest BCUT2D eigenvalue weighted by Crippen LogP contribution is -2.29. The third-order valence-electron chi connectivity index (χ3n) is 3.68. The van der Waals surface area contributed by atoms with Crippen molar-refractivity contribution < 1.29 is 4.79 Å². The Labute approximate surface area is 140 Å². The number of fused-ring (bicyclic) bond motifs is 1. The molecule has 0 aliphatic carbocycles. The zero-order chi connectivity index (χ0) is 15.6. The van der Waals surface area contributed by atoms with Gasteiger partial charge in [-0.3, -0.25) is 7.91 Å². The maximum absolute atomic E-state index is 12.5. The van der Waals surface area contributed by atoms with Crippen LogP contribution in [0.2, 0.25) is 0 Å². The predicted octanol–water partition coefficient (Wildman–Crippen LogP) is 3.39. The molecule has 0 saturated heterocycles. The highest BCUT2D eigenvalue weighted by molar-refractivity contribution is 14.1. The van der Waals surface area contributed by atoms with Gasteiger partial charge in [0.25, 0.3) is 5.91 Å². The first kappa shape index (κ1) is 16.3. The maximum Gasteiger partial charge on any atom is 0.262 e. The van der Waals surface area contributed by atoms with Gasteiger partial charge in [0.1, 0.15) is 0 Å². The van der Waals surface area contributed by atoms with E-state index in [1.807, 2.05) is 32.3 Å². The molecule has 0 saturated carbocycles. The highest BCUT2D eigenvalue weighted by Gasteiger charge is 2.15. The van der Waals surface area contributed by atoms with E-state index in [9.17, 15) is 4.79 Å². The van der Waals surface area contributed by atoms with Crippen molar-refractivity contribution in [3.8, 4) is 0 Å². The van der Waals surface area contributed by atoms with Crippen LogP contribution in [0, 0.1) is 6.92 Å². The molecule has 1 aromatic carbocycles. The number of carbonyl (C=O) groups excluding carboxylic acids is 1. The second-order valence-electron chi connectivity index (χ2n) is 5.54. The molecule has 0 aliphatic rings. The smallest absolute Gasteiger partial charge is 0.262 e. The van der Waals surface area contributed by atoms with Crippen molar-refractivity contribution in [2.24, 2.45) is 0 Å². The first-order valence-electron chi connectivity index (χ1n) is 7.17. The number of H-pyrrole nitrogens is 1. The molecule has 0 unspecified atom stereocenters. The molecular weight excluding hydrogens is 377 g/mol. The average Bonchev–Trinajstić information content (AvgIpc) is 2.77. The van der Waals surface area contributed by atoms with E-state index in [0.717, 1.165) is 30.6 Å². The maximum atomic E-state index is 12.5. The Bertz CT molecular complexity index is 648. The number of hydrogen-bond acceptors (Lipinski definition) is 2. The number of likely N-dealkylation sites (N-methyl/N-ethyl adjacent to an activating group) is 1. The molecule has 2 rings (SSSR count). The summed E-state index contributed by atoms with van der Waals surface area (Å²) in [5.41, 5.74) is 4.35. The fraction of sp³-hybridized carbons (Fsp3) is 0.438. The van der Waals surface area contributed by atoms with Crippen LogP contribution in [-0.4, -0.2) is 46.1 Å². The number of carbonyl (C=O) groups is 1. The molecular formula is C16H22IN3O. The van der Waals surface area contributed by atoms with E-state index in [0.29, 0.717) is 0 Å². The van der Waals surface area contributed by atoms with Crippen molar-refractivity contribution in [3.05, 3.63) is 35.0 Å². The Morgan fingerprint density at radius 2 is 2.00 bits per heavy atom. The number of nitrogens with zero attached hydrogens (tertiary/aromatic N) is 2. The second-order valence-corrected chi connectivity index (χ2v) is 6.70. The fourth-order valence-corrected chi connectivity index (χ4v) is 2.99. The van der Waals surface area contributed by atoms with Crippen LogP contribution in [0.5, 0.6) is 0 Å². The lowest BCUT2D eigenvalue weighted by atomic mass is 10.1. The molecule has 1 amide bonds. The number of aromatic amines is 1. The Kier molecular flexibility index (Phi) is 5.27. The summed E-state index contributed by atoms with van der Waals surface area (Å²) in [6, 6.07) is 5.92. The number of aryl methyl sites for hydroxylation is 2. The zero-order valence-electron chi connectivity index (χ0n) is 13.0. The summed E-state index contributed by atoms with van der Waals surface area (Å²) in [7, 11) is 4.02. The lowest BCUT2D eigenvalue weighted by molar-refractivity contribution is 0.0884. The minimum Gasteiger partial charge on any atom is -0.358 e. The third kappa shape index (κ3) is 3.58. The third-order valence-corrected chi connectivity index (χ3v) is 4.60. The van der Waals surface area contributed by atoms with Crippen molar-refractivity contribution in [1.82, 2.24) is 13.0 Å². The summed E-state index contributed by atoms with van der Waals surface area (Å²) in [6.45, 7) is 5.81. The molecule has 5 heteroatoms. The van der Waals surface area contributed by atoms with Crippen molar-refractivity contribution in [3.63, 3.8) is 0 Å². The highest BCUT2D eigenvalue weighted by Crippen LogP contribution is 2.24. The zero-order valence-corrected chi connectivity index (χ0v) is 15.2. The Morgan fingerprint density at radius 1 is 1.29 bits per heavy atom. The van der Waals surface area contributed by atoms with Gasteiger partial charge in [0, 0.05) is 35.2 Å². The topological polar surface area (TPSA) is 39.3 Å². The monoisotopic (exact) mass is 399 g/mol. The number of aromatic nitrogens is 1. The molecule has 0 atom stereocenters. The normalized spacial score (nSPS) is 11.3. The van der Waals surface area contributed by atoms with Gasteiger partial charge in [-0.25, -0.2) is 0 Å². The molecule has 0 spiro atoms. The van der Waals surface area contributed by atoms with Gasteiger partial charge in [-0.1, -0.05) is 6.92 Å². The Morgan fingerprint density at radius 3 is 2.62 bits per heavy atom. The van der Waals surface area contributed by atoms with Crippen LogP contribution in [0.4, 0.5) is 0 Å². The van der Waals surface area contributed by atoms with Crippen LogP contribution in [0.1, 0.15) is 28.5 Å². The van der Waals surface area contributed by atoms with Gasteiger partial charge in [0.2, 0.25) is 0 Å². The number of amides is 1. The molecule has 114 valence electrons. The van der Waals surface area contributed by atoms with Gasteiger partial charge in [0.15, 0.2) is 0 Å². The quantitative estimate of drug-likeness (QED) is 0.619. The summed E-state index contributed by atoms with van der Waals surface area (Å²) in [5.74, 6) is 0.0697. The average molecular weight is 399 g/mol. The van der Waals surface area contributed by atoms with Gasteiger partial charge < -0.3 is 9.88 Å². The predicted molar refractivity (Wildman–Crippen MR) is 96.0 cm³/mol. The molecule has 4 nitrogen and oxygen atoms in total. The minimum atomic E-state index is 0.0697. The highest BCUT2D eigenvalue weighted by atomic mass is 127. The van der Waals surface area contributed by atoms with Crippen LogP contribution in [-0.2, 0) is 6.42 Å². The van der Waals surface area contributed by atoms with Gasteiger partial charge in [-0.15, -0.1) is 0 Å². The van der Waals surface area contributed by atoms with Gasteiger partial charge in [-0.05, 0) is 51.2 Å². The second kappa shape index (κ2) is 6.79. The van der Waals surface area contributed by atoms with E-state index in [1.165, 1.54) is 16.6 Å². The van der Waals surface area contributed by atoms with E-state index in [2.05, 4.69) is 46.6 Å². The number of benzene rings is 1. The molecule has 0 radical (unpaired) electrons. The molecule has 0 bridgehead atoms. The van der Waals surface area contributed by atoms with Crippen LogP contribution < -0.4 is 0 Å². The van der Waals surface area contributed by atoms with E-state index in [4.69, 9.17) is 0 Å². The Balaban J connectivity index is 2.27. The largest absolute Gasteiger partial charge is 0.358 e. The number of hydrogen-bond donors (Lipinski definition) is 1. The first-order valence-corrected chi connectivity index (χ1v) is 8.14. The van der Waals surface area contributed by atoms with E-state index < -0.39 is 0 Å². The fourth-order valence-electron chi connectivity index (χ4n) is 2.50. The number of halogens is 1. The molecule has 1 heterocycles. The first-order chi connectivity index (χ1) is 9.93. The van der Waals surface area contributed by atoms with Crippen molar-refractivity contribution >= 4 is 39.7 Å². The molecule has 2 aromatic rings. The van der Waals surface area contributed by atoms with Crippen molar-refractivity contribution in [1.29, 1.82) is 0 Å². The summed E-state index contributed by atoms with van der Waals surface area (Å²) in [5, 5.41) is 1.17. The van der Waals surface area contributed by atoms with Crippen LogP contribution in [0.25, 0.3) is 10.9 Å². The number of rotatable bonds is 5. The van der Waals surface area contributed by atoms with Crippen molar-refractivity contribution in [2.75, 3.05) is 27.2 Å². The standard InChI is InChI=1S/C16H22IN3O/c1-5-13-11(2)18-15-7-6-12(10-14(13)15)16(21)20(17)9-8-19(3)4/h6-7,10,18H,5,8-9H2,1-4H3. The molecule has 1 aromatic heterocycles. The van der Waals surface area contributed by atoms with Crippen LogP contribution in [0.15, 0.2) is 18.2 Å². The van der Waals surface area contributed by atoms with E-state index in [-0.39, 0.29) is 5.91 Å². The molecule has 21 heavy (non-hydrogen) atoms. The van der Waals surface area contributed by atoms with E-state index in [1.54, 1.807) is 3.11 Å². The number of nitrogens with one attached hydrogen (secondary N) is 1. The lowest BCUT2D eigenvalue weighted by Gasteiger charge is -2.17. The molecule has 1 N–H and O–H groups in total. The van der Waals surface area contributed by atoms with Gasteiger partial charge in [0.05, 0.1) is 22.9 Å². The molecule has 0 aliphatic heterocycles. The summed E-state index contributed by atoms with van der Waals surface area (Å²) in [6.07, 6.45) is 0.970. The van der Waals surface area contributed by atoms with Gasteiger partial charge >= 0.3 is 0 Å². The van der Waals surface area contributed by atoms with Crippen molar-refractivity contribution in [2.45, 2.75) is 20.3 Å². The Hall–Kier alpha value is -1.08. The SMILES string of the molecule is CCc1c(C)[nH]c2ccc(C(=O)N(I)CCN(C)C)cc12. The minimum absolute atomic E-state index is 0.0697. The van der Waals surface area contributed by atoms with Crippen LogP contribution >= 0.6 is 22.9 Å². The van der Waals surface area contributed by atoms with Gasteiger partial charge in [-0.2, -0.15) is 0 Å².